The van der Waals surface area contributed by atoms with E-state index in [1.807, 2.05) is 20.8 Å². The number of benzene rings is 1. The van der Waals surface area contributed by atoms with Crippen LogP contribution in [0.1, 0.15) is 39.2 Å². The van der Waals surface area contributed by atoms with Crippen molar-refractivity contribution in [3.63, 3.8) is 0 Å². The van der Waals surface area contributed by atoms with Gasteiger partial charge in [-0.3, -0.25) is 0 Å². The molecule has 0 bridgehead atoms. The highest BCUT2D eigenvalue weighted by Crippen LogP contribution is 2.44. The summed E-state index contributed by atoms with van der Waals surface area (Å²) in [5.41, 5.74) is 6.72. The Morgan fingerprint density at radius 2 is 2.12 bits per heavy atom. The van der Waals surface area contributed by atoms with Crippen molar-refractivity contribution in [1.29, 1.82) is 5.26 Å². The lowest BCUT2D eigenvalue weighted by molar-refractivity contribution is -0.139. The van der Waals surface area contributed by atoms with Crippen molar-refractivity contribution in [2.75, 3.05) is 6.61 Å². The molecule has 1 unspecified atom stereocenters. The summed E-state index contributed by atoms with van der Waals surface area (Å²) in [6.45, 7) is 7.63. The van der Waals surface area contributed by atoms with Crippen molar-refractivity contribution >= 4 is 17.6 Å². The number of nitrogens with two attached hydrogens (primary N) is 1. The highest BCUT2D eigenvalue weighted by molar-refractivity contribution is 6.30. The second kappa shape index (κ2) is 7.20. The quantitative estimate of drug-likeness (QED) is 0.823. The number of hydrogen-bond acceptors (Lipinski definition) is 5. The summed E-state index contributed by atoms with van der Waals surface area (Å²) < 4.78 is 10.8. The molecule has 132 valence electrons. The van der Waals surface area contributed by atoms with Crippen LogP contribution in [0.2, 0.25) is 5.02 Å². The molecule has 5 nitrogen and oxygen atoms in total. The third kappa shape index (κ3) is 3.80. The molecular weight excluding hydrogens is 340 g/mol. The van der Waals surface area contributed by atoms with E-state index in [0.29, 0.717) is 21.9 Å². The van der Waals surface area contributed by atoms with Crippen molar-refractivity contribution < 1.29 is 14.3 Å². The first-order chi connectivity index (χ1) is 11.7. The van der Waals surface area contributed by atoms with E-state index < -0.39 is 17.3 Å². The van der Waals surface area contributed by atoms with E-state index in [2.05, 4.69) is 6.07 Å². The molecule has 2 N–H and O–H groups in total. The Balaban J connectivity index is 2.73. The lowest BCUT2D eigenvalue weighted by Gasteiger charge is -2.33. The monoisotopic (exact) mass is 360 g/mol. The van der Waals surface area contributed by atoms with Gasteiger partial charge in [0.1, 0.15) is 11.3 Å². The Hall–Kier alpha value is -2.45. The van der Waals surface area contributed by atoms with Gasteiger partial charge in [-0.1, -0.05) is 44.5 Å². The fourth-order valence-corrected chi connectivity index (χ4v) is 2.96. The highest BCUT2D eigenvalue weighted by Gasteiger charge is 2.40. The number of allylic oxidation sites excluding steroid dienone is 2. The first kappa shape index (κ1) is 18.9. The highest BCUT2D eigenvalue weighted by atomic mass is 35.5. The molecule has 0 spiro atoms. The summed E-state index contributed by atoms with van der Waals surface area (Å²) in [6.07, 6.45) is 0. The Labute approximate surface area is 152 Å². The predicted molar refractivity (Wildman–Crippen MR) is 95.2 cm³/mol. The second-order valence-corrected chi connectivity index (χ2v) is 7.13. The number of esters is 1. The van der Waals surface area contributed by atoms with Crippen molar-refractivity contribution in [1.82, 2.24) is 0 Å². The molecule has 0 saturated heterocycles. The van der Waals surface area contributed by atoms with Crippen LogP contribution in [-0.2, 0) is 14.3 Å². The maximum atomic E-state index is 12.5. The van der Waals surface area contributed by atoms with Gasteiger partial charge in [0.15, 0.2) is 0 Å². The molecule has 1 aromatic carbocycles. The summed E-state index contributed by atoms with van der Waals surface area (Å²) in [5, 5.41) is 10.3. The molecule has 0 saturated carbocycles. The molecule has 0 aliphatic carbocycles. The molecule has 1 heterocycles. The van der Waals surface area contributed by atoms with Crippen LogP contribution >= 0.6 is 11.6 Å². The van der Waals surface area contributed by atoms with E-state index in [0.717, 1.165) is 0 Å². The van der Waals surface area contributed by atoms with E-state index in [4.69, 9.17) is 26.8 Å². The largest absolute Gasteiger partial charge is 0.462 e. The summed E-state index contributed by atoms with van der Waals surface area (Å²) in [5.74, 6) is -0.908. The average molecular weight is 361 g/mol. The van der Waals surface area contributed by atoms with Crippen LogP contribution in [0.15, 0.2) is 47.1 Å². The zero-order valence-electron chi connectivity index (χ0n) is 14.7. The Bertz CT molecular complexity index is 798. The number of rotatable bonds is 3. The molecule has 2 rings (SSSR count). The number of nitriles is 1. The minimum absolute atomic E-state index is 0.0487. The standard InChI is InChI=1S/C19H21ClN2O3/c1-5-24-18(23)15-14(11-7-6-8-12(20)9-11)13(10-21)16(19(2,3)4)25-17(15)22/h6-9,14H,5,22H2,1-4H3. The van der Waals surface area contributed by atoms with E-state index in [1.165, 1.54) is 0 Å². The van der Waals surface area contributed by atoms with Gasteiger partial charge in [-0.2, -0.15) is 5.26 Å². The zero-order chi connectivity index (χ0) is 18.8. The minimum atomic E-state index is -0.689. The molecule has 1 aliphatic rings. The number of ether oxygens (including phenoxy) is 2. The van der Waals surface area contributed by atoms with Crippen LogP contribution in [0.5, 0.6) is 0 Å². The van der Waals surface area contributed by atoms with Crippen molar-refractivity contribution in [2.45, 2.75) is 33.6 Å². The van der Waals surface area contributed by atoms with Gasteiger partial charge in [-0.05, 0) is 24.6 Å². The molecule has 1 aromatic rings. The van der Waals surface area contributed by atoms with Gasteiger partial charge in [0, 0.05) is 10.4 Å². The van der Waals surface area contributed by atoms with E-state index in [-0.39, 0.29) is 18.1 Å². The molecule has 1 atom stereocenters. The van der Waals surface area contributed by atoms with Gasteiger partial charge in [0.25, 0.3) is 0 Å². The van der Waals surface area contributed by atoms with Crippen LogP contribution in [0.4, 0.5) is 0 Å². The van der Waals surface area contributed by atoms with Gasteiger partial charge >= 0.3 is 5.97 Å². The number of carbonyl (C=O) groups is 1. The van der Waals surface area contributed by atoms with Crippen LogP contribution in [-0.4, -0.2) is 12.6 Å². The van der Waals surface area contributed by atoms with Crippen molar-refractivity contribution in [2.24, 2.45) is 11.1 Å². The lowest BCUT2D eigenvalue weighted by atomic mass is 9.78. The van der Waals surface area contributed by atoms with E-state index in [9.17, 15) is 10.1 Å². The third-order valence-corrected chi connectivity index (χ3v) is 4.01. The molecule has 6 heteroatoms. The molecule has 1 aliphatic heterocycles. The van der Waals surface area contributed by atoms with Gasteiger partial charge < -0.3 is 15.2 Å². The number of halogens is 1. The molecule has 0 radical (unpaired) electrons. The maximum Gasteiger partial charge on any atom is 0.340 e. The normalized spacial score (nSPS) is 17.8. The van der Waals surface area contributed by atoms with Gasteiger partial charge in [0.2, 0.25) is 5.88 Å². The average Bonchev–Trinajstić information content (AvgIpc) is 2.53. The number of carbonyl (C=O) groups excluding carboxylic acids is 1. The summed E-state index contributed by atoms with van der Waals surface area (Å²) in [4.78, 5) is 12.5. The van der Waals surface area contributed by atoms with Gasteiger partial charge in [-0.15, -0.1) is 0 Å². The van der Waals surface area contributed by atoms with Crippen molar-refractivity contribution in [3.05, 3.63) is 57.6 Å². The Morgan fingerprint density at radius 1 is 1.44 bits per heavy atom. The third-order valence-electron chi connectivity index (χ3n) is 3.78. The Kier molecular flexibility index (Phi) is 5.44. The zero-order valence-corrected chi connectivity index (χ0v) is 15.5. The molecule has 0 aromatic heterocycles. The smallest absolute Gasteiger partial charge is 0.340 e. The number of nitrogens with zero attached hydrogens (tertiary/aromatic N) is 1. The summed E-state index contributed by atoms with van der Waals surface area (Å²) >= 11 is 6.11. The van der Waals surface area contributed by atoms with E-state index >= 15 is 0 Å². The lowest BCUT2D eigenvalue weighted by Crippen LogP contribution is -2.30. The molecule has 25 heavy (non-hydrogen) atoms. The predicted octanol–water partition coefficient (Wildman–Crippen LogP) is 4.01. The molecular formula is C19H21ClN2O3. The topological polar surface area (TPSA) is 85.3 Å². The molecule has 0 fully saturated rings. The first-order valence-corrected chi connectivity index (χ1v) is 8.33. The fourth-order valence-electron chi connectivity index (χ4n) is 2.76. The van der Waals surface area contributed by atoms with Crippen LogP contribution in [0.25, 0.3) is 0 Å². The van der Waals surface area contributed by atoms with E-state index in [1.54, 1.807) is 31.2 Å². The number of hydrogen-bond donors (Lipinski definition) is 1. The maximum absolute atomic E-state index is 12.5. The summed E-state index contributed by atoms with van der Waals surface area (Å²) in [7, 11) is 0. The van der Waals surface area contributed by atoms with Crippen LogP contribution in [0, 0.1) is 16.7 Å². The van der Waals surface area contributed by atoms with Crippen LogP contribution < -0.4 is 5.73 Å². The molecule has 0 amide bonds. The minimum Gasteiger partial charge on any atom is -0.462 e. The first-order valence-electron chi connectivity index (χ1n) is 7.95. The van der Waals surface area contributed by atoms with Crippen molar-refractivity contribution in [3.8, 4) is 6.07 Å². The summed E-state index contributed by atoms with van der Waals surface area (Å²) in [6, 6.07) is 9.18. The van der Waals surface area contributed by atoms with Crippen LogP contribution in [0.3, 0.4) is 0 Å². The van der Waals surface area contributed by atoms with Gasteiger partial charge in [0.05, 0.1) is 24.2 Å². The van der Waals surface area contributed by atoms with Gasteiger partial charge in [-0.25, -0.2) is 4.79 Å². The fraction of sp³-hybridized carbons (Fsp3) is 0.368. The second-order valence-electron chi connectivity index (χ2n) is 6.69. The Morgan fingerprint density at radius 3 is 2.64 bits per heavy atom. The SMILES string of the molecule is CCOC(=O)C1=C(N)OC(C(C)(C)C)=C(C#N)C1c1cccc(Cl)c1.